The Balaban J connectivity index is 1.97. The predicted octanol–water partition coefficient (Wildman–Crippen LogP) is 3.31. The molecule has 3 heteroatoms. The Morgan fingerprint density at radius 2 is 2.21 bits per heavy atom. The third kappa shape index (κ3) is 4.20. The highest BCUT2D eigenvalue weighted by Gasteiger charge is 2.15. The number of nitrogens with one attached hydrogen (secondary N) is 1. The van der Waals surface area contributed by atoms with Gasteiger partial charge in [0.1, 0.15) is 5.82 Å². The minimum absolute atomic E-state index is 0.530. The maximum Gasteiger partial charge on any atom is 0.110 e. The van der Waals surface area contributed by atoms with E-state index in [1.54, 1.807) is 5.57 Å². The molecule has 106 valence electrons. The van der Waals surface area contributed by atoms with Crippen molar-refractivity contribution in [1.82, 2.24) is 14.9 Å². The SMILES string of the molecule is CCNC(CC1=CCCCC1)Cc1nccn1CC. The van der Waals surface area contributed by atoms with Crippen LogP contribution in [0.5, 0.6) is 0 Å². The van der Waals surface area contributed by atoms with E-state index in [4.69, 9.17) is 0 Å². The molecule has 1 aliphatic carbocycles. The van der Waals surface area contributed by atoms with Gasteiger partial charge in [-0.15, -0.1) is 0 Å². The van der Waals surface area contributed by atoms with E-state index in [9.17, 15) is 0 Å². The van der Waals surface area contributed by atoms with E-state index in [2.05, 4.69) is 41.0 Å². The van der Waals surface area contributed by atoms with Crippen LogP contribution in [0.15, 0.2) is 24.0 Å². The second-order valence-electron chi connectivity index (χ2n) is 5.40. The van der Waals surface area contributed by atoms with E-state index in [0.29, 0.717) is 6.04 Å². The number of hydrogen-bond donors (Lipinski definition) is 1. The zero-order valence-electron chi connectivity index (χ0n) is 12.4. The van der Waals surface area contributed by atoms with Gasteiger partial charge < -0.3 is 9.88 Å². The van der Waals surface area contributed by atoms with E-state index in [1.807, 2.05) is 6.20 Å². The van der Waals surface area contributed by atoms with Crippen LogP contribution in [0.25, 0.3) is 0 Å². The molecule has 1 unspecified atom stereocenters. The highest BCUT2D eigenvalue weighted by molar-refractivity contribution is 5.08. The summed E-state index contributed by atoms with van der Waals surface area (Å²) in [5.74, 6) is 1.21. The molecule has 2 rings (SSSR count). The summed E-state index contributed by atoms with van der Waals surface area (Å²) in [6, 6.07) is 0.530. The zero-order valence-corrected chi connectivity index (χ0v) is 12.4. The molecule has 0 spiro atoms. The lowest BCUT2D eigenvalue weighted by Gasteiger charge is -2.21. The molecule has 0 aromatic carbocycles. The number of likely N-dealkylation sites (N-methyl/N-ethyl adjacent to an activating group) is 1. The van der Waals surface area contributed by atoms with E-state index in [-0.39, 0.29) is 0 Å². The fourth-order valence-corrected chi connectivity index (χ4v) is 2.95. The summed E-state index contributed by atoms with van der Waals surface area (Å²) in [5.41, 5.74) is 1.65. The Hall–Kier alpha value is -1.09. The molecule has 0 bridgehead atoms. The summed E-state index contributed by atoms with van der Waals surface area (Å²) in [7, 11) is 0. The largest absolute Gasteiger partial charge is 0.335 e. The number of rotatable bonds is 7. The molecule has 1 atom stereocenters. The van der Waals surface area contributed by atoms with Crippen LogP contribution in [0, 0.1) is 0 Å². The van der Waals surface area contributed by atoms with Gasteiger partial charge in [0.2, 0.25) is 0 Å². The zero-order chi connectivity index (χ0) is 13.5. The monoisotopic (exact) mass is 261 g/mol. The third-order valence-electron chi connectivity index (χ3n) is 3.96. The summed E-state index contributed by atoms with van der Waals surface area (Å²) in [6.07, 6.45) is 14.0. The number of aryl methyl sites for hydroxylation is 1. The lowest BCUT2D eigenvalue weighted by Crippen LogP contribution is -2.32. The Kier molecular flexibility index (Phi) is 5.64. The quantitative estimate of drug-likeness (QED) is 0.763. The summed E-state index contributed by atoms with van der Waals surface area (Å²) in [6.45, 7) is 6.41. The van der Waals surface area contributed by atoms with Crippen LogP contribution >= 0.6 is 0 Å². The molecular weight excluding hydrogens is 234 g/mol. The highest BCUT2D eigenvalue weighted by atomic mass is 15.1. The standard InChI is InChI=1S/C16H27N3/c1-3-17-15(12-14-8-6-5-7-9-14)13-16-18-10-11-19(16)4-2/h8,10-11,15,17H,3-7,9,12-13H2,1-2H3. The van der Waals surface area contributed by atoms with Crippen molar-refractivity contribution in [2.75, 3.05) is 6.54 Å². The van der Waals surface area contributed by atoms with E-state index >= 15 is 0 Å². The molecule has 1 N–H and O–H groups in total. The first-order valence-electron chi connectivity index (χ1n) is 7.74. The average molecular weight is 261 g/mol. The number of allylic oxidation sites excluding steroid dienone is 1. The van der Waals surface area contributed by atoms with Crippen LogP contribution in [0.4, 0.5) is 0 Å². The Morgan fingerprint density at radius 3 is 2.89 bits per heavy atom. The van der Waals surface area contributed by atoms with Crippen LogP contribution < -0.4 is 5.32 Å². The van der Waals surface area contributed by atoms with Gasteiger partial charge >= 0.3 is 0 Å². The van der Waals surface area contributed by atoms with Crippen LogP contribution in [-0.2, 0) is 13.0 Å². The molecule has 0 aliphatic heterocycles. The van der Waals surface area contributed by atoms with Gasteiger partial charge in [-0.3, -0.25) is 0 Å². The molecule has 0 saturated carbocycles. The number of imidazole rings is 1. The maximum atomic E-state index is 4.51. The third-order valence-corrected chi connectivity index (χ3v) is 3.96. The van der Waals surface area contributed by atoms with E-state index in [0.717, 1.165) is 19.5 Å². The van der Waals surface area contributed by atoms with Crippen LogP contribution in [0.1, 0.15) is 51.8 Å². The summed E-state index contributed by atoms with van der Waals surface area (Å²) in [4.78, 5) is 4.51. The fraction of sp³-hybridized carbons (Fsp3) is 0.688. The number of aromatic nitrogens is 2. The molecule has 0 radical (unpaired) electrons. The second kappa shape index (κ2) is 7.49. The topological polar surface area (TPSA) is 29.9 Å². The van der Waals surface area contributed by atoms with Crippen molar-refractivity contribution in [1.29, 1.82) is 0 Å². The molecular formula is C16H27N3. The molecule has 0 saturated heterocycles. The molecule has 19 heavy (non-hydrogen) atoms. The van der Waals surface area contributed by atoms with Crippen molar-refractivity contribution in [3.63, 3.8) is 0 Å². The smallest absolute Gasteiger partial charge is 0.110 e. The maximum absolute atomic E-state index is 4.51. The first-order valence-corrected chi connectivity index (χ1v) is 7.74. The molecule has 3 nitrogen and oxygen atoms in total. The number of hydrogen-bond acceptors (Lipinski definition) is 2. The van der Waals surface area contributed by atoms with E-state index < -0.39 is 0 Å². The molecule has 0 fully saturated rings. The summed E-state index contributed by atoms with van der Waals surface area (Å²) in [5, 5.41) is 3.63. The highest BCUT2D eigenvalue weighted by Crippen LogP contribution is 2.22. The predicted molar refractivity (Wildman–Crippen MR) is 80.2 cm³/mol. The van der Waals surface area contributed by atoms with Crippen LogP contribution in [0.3, 0.4) is 0 Å². The number of nitrogens with zero attached hydrogens (tertiary/aromatic N) is 2. The van der Waals surface area contributed by atoms with Gasteiger partial charge in [0.15, 0.2) is 0 Å². The first kappa shape index (κ1) is 14.3. The minimum atomic E-state index is 0.530. The first-order chi connectivity index (χ1) is 9.33. The second-order valence-corrected chi connectivity index (χ2v) is 5.40. The van der Waals surface area contributed by atoms with E-state index in [1.165, 1.54) is 37.9 Å². The van der Waals surface area contributed by atoms with Gasteiger partial charge in [-0.05, 0) is 45.6 Å². The molecule has 1 aromatic heterocycles. The molecule has 1 aliphatic rings. The lowest BCUT2D eigenvalue weighted by molar-refractivity contribution is 0.485. The van der Waals surface area contributed by atoms with Crippen LogP contribution in [-0.4, -0.2) is 22.1 Å². The van der Waals surface area contributed by atoms with Gasteiger partial charge in [-0.1, -0.05) is 18.6 Å². The minimum Gasteiger partial charge on any atom is -0.335 e. The Bertz CT molecular complexity index is 406. The molecule has 1 heterocycles. The molecule has 0 amide bonds. The van der Waals surface area contributed by atoms with Crippen molar-refractivity contribution in [3.8, 4) is 0 Å². The van der Waals surface area contributed by atoms with Crippen molar-refractivity contribution in [3.05, 3.63) is 29.9 Å². The van der Waals surface area contributed by atoms with Crippen molar-refractivity contribution in [2.24, 2.45) is 0 Å². The summed E-state index contributed by atoms with van der Waals surface area (Å²) < 4.78 is 2.25. The lowest BCUT2D eigenvalue weighted by atomic mass is 9.93. The van der Waals surface area contributed by atoms with Crippen molar-refractivity contribution < 1.29 is 0 Å². The Labute approximate surface area is 117 Å². The normalized spacial score (nSPS) is 17.3. The van der Waals surface area contributed by atoms with Gasteiger partial charge in [0.05, 0.1) is 0 Å². The Morgan fingerprint density at radius 1 is 1.32 bits per heavy atom. The average Bonchev–Trinajstić information content (AvgIpc) is 2.87. The van der Waals surface area contributed by atoms with Crippen molar-refractivity contribution >= 4 is 0 Å². The van der Waals surface area contributed by atoms with Crippen LogP contribution in [0.2, 0.25) is 0 Å². The summed E-state index contributed by atoms with van der Waals surface area (Å²) >= 11 is 0. The van der Waals surface area contributed by atoms with Gasteiger partial charge in [0, 0.05) is 31.4 Å². The fourth-order valence-electron chi connectivity index (χ4n) is 2.95. The van der Waals surface area contributed by atoms with Crippen molar-refractivity contribution in [2.45, 2.75) is 65.0 Å². The van der Waals surface area contributed by atoms with Gasteiger partial charge in [-0.25, -0.2) is 4.98 Å². The van der Waals surface area contributed by atoms with Gasteiger partial charge in [-0.2, -0.15) is 0 Å². The molecule has 1 aromatic rings. The van der Waals surface area contributed by atoms with Gasteiger partial charge in [0.25, 0.3) is 0 Å².